The van der Waals surface area contributed by atoms with Crippen molar-refractivity contribution in [1.82, 2.24) is 20.5 Å². The van der Waals surface area contributed by atoms with Gasteiger partial charge < -0.3 is 19.8 Å². The molecule has 2 N–H and O–H groups in total. The number of aromatic nitrogens is 1. The number of rotatable bonds is 8. The van der Waals surface area contributed by atoms with Gasteiger partial charge in [0.25, 0.3) is 0 Å². The summed E-state index contributed by atoms with van der Waals surface area (Å²) >= 11 is 0. The van der Waals surface area contributed by atoms with Gasteiger partial charge in [-0.2, -0.15) is 0 Å². The SMILES string of the molecule is CCNC(=NCC1CCN(Cc2nc(C)c(C)o2)CC1)NC(C)c1ccc(OC)c(F)c1. The van der Waals surface area contributed by atoms with Crippen LogP contribution in [0.15, 0.2) is 27.6 Å². The number of piperidine rings is 1. The third kappa shape index (κ3) is 6.45. The van der Waals surface area contributed by atoms with E-state index in [4.69, 9.17) is 14.1 Å². The molecule has 3 rings (SSSR count). The first-order chi connectivity index (χ1) is 15.4. The number of oxazole rings is 1. The molecule has 0 bridgehead atoms. The molecule has 7 nitrogen and oxygen atoms in total. The minimum atomic E-state index is -0.359. The molecule has 176 valence electrons. The Bertz CT molecular complexity index is 886. The van der Waals surface area contributed by atoms with Crippen LogP contribution in [0.1, 0.15) is 55.6 Å². The van der Waals surface area contributed by atoms with E-state index in [0.717, 1.165) is 74.4 Å². The van der Waals surface area contributed by atoms with Gasteiger partial charge in [0.05, 0.1) is 25.4 Å². The number of likely N-dealkylation sites (tertiary alicyclic amines) is 1. The summed E-state index contributed by atoms with van der Waals surface area (Å²) < 4.78 is 24.8. The van der Waals surface area contributed by atoms with Gasteiger partial charge in [0.1, 0.15) is 5.76 Å². The number of hydrogen-bond donors (Lipinski definition) is 2. The molecule has 1 fully saturated rings. The average molecular weight is 446 g/mol. The monoisotopic (exact) mass is 445 g/mol. The number of methoxy groups -OCH3 is 1. The Morgan fingerprint density at radius 3 is 2.69 bits per heavy atom. The zero-order chi connectivity index (χ0) is 23.1. The van der Waals surface area contributed by atoms with Crippen molar-refractivity contribution in [3.63, 3.8) is 0 Å². The van der Waals surface area contributed by atoms with E-state index < -0.39 is 0 Å². The van der Waals surface area contributed by atoms with Crippen LogP contribution in [0.25, 0.3) is 0 Å². The largest absolute Gasteiger partial charge is 0.494 e. The van der Waals surface area contributed by atoms with Crippen LogP contribution in [-0.2, 0) is 6.54 Å². The first-order valence-corrected chi connectivity index (χ1v) is 11.4. The quantitative estimate of drug-likeness (QED) is 0.473. The van der Waals surface area contributed by atoms with E-state index in [9.17, 15) is 4.39 Å². The molecule has 0 radical (unpaired) electrons. The normalized spacial score (nSPS) is 16.8. The topological polar surface area (TPSA) is 74.9 Å². The van der Waals surface area contributed by atoms with E-state index in [1.165, 1.54) is 13.2 Å². The van der Waals surface area contributed by atoms with Gasteiger partial charge >= 0.3 is 0 Å². The van der Waals surface area contributed by atoms with E-state index >= 15 is 0 Å². The number of halogens is 1. The van der Waals surface area contributed by atoms with Gasteiger partial charge in [0.15, 0.2) is 17.5 Å². The average Bonchev–Trinajstić information content (AvgIpc) is 3.09. The summed E-state index contributed by atoms with van der Waals surface area (Å²) in [5.41, 5.74) is 1.82. The molecule has 1 aromatic carbocycles. The molecule has 0 aliphatic carbocycles. The summed E-state index contributed by atoms with van der Waals surface area (Å²) in [4.78, 5) is 11.7. The van der Waals surface area contributed by atoms with Gasteiger partial charge in [-0.15, -0.1) is 0 Å². The predicted octanol–water partition coefficient (Wildman–Crippen LogP) is 3.97. The second-order valence-electron chi connectivity index (χ2n) is 8.45. The Hall–Kier alpha value is -2.61. The van der Waals surface area contributed by atoms with Gasteiger partial charge in [-0.25, -0.2) is 9.37 Å². The van der Waals surface area contributed by atoms with Crippen molar-refractivity contribution in [3.8, 4) is 5.75 Å². The smallest absolute Gasteiger partial charge is 0.208 e. The van der Waals surface area contributed by atoms with E-state index in [0.29, 0.717) is 5.92 Å². The molecule has 1 aliphatic heterocycles. The second-order valence-corrected chi connectivity index (χ2v) is 8.45. The summed E-state index contributed by atoms with van der Waals surface area (Å²) in [6.45, 7) is 12.3. The molecule has 2 heterocycles. The number of aliphatic imine (C=N–C) groups is 1. The highest BCUT2D eigenvalue weighted by Gasteiger charge is 2.21. The fourth-order valence-electron chi connectivity index (χ4n) is 3.91. The zero-order valence-corrected chi connectivity index (χ0v) is 19.9. The lowest BCUT2D eigenvalue weighted by Crippen LogP contribution is -2.39. The Morgan fingerprint density at radius 2 is 2.09 bits per heavy atom. The van der Waals surface area contributed by atoms with Crippen molar-refractivity contribution in [1.29, 1.82) is 0 Å². The molecule has 0 saturated carbocycles. The van der Waals surface area contributed by atoms with Crippen LogP contribution >= 0.6 is 0 Å². The molecule has 2 aromatic rings. The first kappa shape index (κ1) is 24.0. The molecular formula is C24H36FN5O2. The number of benzene rings is 1. The van der Waals surface area contributed by atoms with Crippen LogP contribution in [0, 0.1) is 25.6 Å². The second kappa shape index (κ2) is 11.3. The summed E-state index contributed by atoms with van der Waals surface area (Å²) in [7, 11) is 1.47. The van der Waals surface area contributed by atoms with E-state index in [-0.39, 0.29) is 17.6 Å². The van der Waals surface area contributed by atoms with Crippen LogP contribution < -0.4 is 15.4 Å². The van der Waals surface area contributed by atoms with Crippen LogP contribution in [0.4, 0.5) is 4.39 Å². The number of ether oxygens (including phenoxy) is 1. The van der Waals surface area contributed by atoms with Crippen molar-refractivity contribution >= 4 is 5.96 Å². The molecule has 1 unspecified atom stereocenters. The fraction of sp³-hybridized carbons (Fsp3) is 0.583. The summed E-state index contributed by atoms with van der Waals surface area (Å²) in [5, 5.41) is 6.69. The van der Waals surface area contributed by atoms with Gasteiger partial charge in [-0.1, -0.05) is 6.07 Å². The molecule has 0 amide bonds. The predicted molar refractivity (Wildman–Crippen MR) is 124 cm³/mol. The Balaban J connectivity index is 1.51. The third-order valence-corrected chi connectivity index (χ3v) is 6.02. The van der Waals surface area contributed by atoms with Crippen LogP contribution in [0.2, 0.25) is 0 Å². The zero-order valence-electron chi connectivity index (χ0n) is 19.9. The van der Waals surface area contributed by atoms with Gasteiger partial charge in [-0.3, -0.25) is 9.89 Å². The summed E-state index contributed by atoms with van der Waals surface area (Å²) in [6.07, 6.45) is 2.20. The maximum atomic E-state index is 14.1. The lowest BCUT2D eigenvalue weighted by atomic mass is 9.97. The number of guanidine groups is 1. The van der Waals surface area contributed by atoms with Crippen molar-refractivity contribution in [3.05, 3.63) is 46.9 Å². The number of hydrogen-bond acceptors (Lipinski definition) is 5. The van der Waals surface area contributed by atoms with Crippen molar-refractivity contribution in [2.24, 2.45) is 10.9 Å². The van der Waals surface area contributed by atoms with Gasteiger partial charge in [-0.05, 0) is 77.2 Å². The maximum absolute atomic E-state index is 14.1. The van der Waals surface area contributed by atoms with E-state index in [1.54, 1.807) is 6.07 Å². The first-order valence-electron chi connectivity index (χ1n) is 11.4. The lowest BCUT2D eigenvalue weighted by Gasteiger charge is -2.30. The maximum Gasteiger partial charge on any atom is 0.208 e. The number of aryl methyl sites for hydroxylation is 2. The van der Waals surface area contributed by atoms with Crippen molar-refractivity contribution in [2.75, 3.05) is 33.3 Å². The van der Waals surface area contributed by atoms with Crippen molar-refractivity contribution < 1.29 is 13.5 Å². The highest BCUT2D eigenvalue weighted by molar-refractivity contribution is 5.80. The van der Waals surface area contributed by atoms with Crippen molar-refractivity contribution in [2.45, 2.75) is 53.1 Å². The molecule has 1 atom stereocenters. The van der Waals surface area contributed by atoms with E-state index in [1.807, 2.05) is 33.8 Å². The van der Waals surface area contributed by atoms with E-state index in [2.05, 4.69) is 20.5 Å². The molecule has 8 heteroatoms. The summed E-state index contributed by atoms with van der Waals surface area (Å²) in [6, 6.07) is 4.95. The molecule has 32 heavy (non-hydrogen) atoms. The third-order valence-electron chi connectivity index (χ3n) is 6.02. The Labute approximate surface area is 190 Å². The lowest BCUT2D eigenvalue weighted by molar-refractivity contribution is 0.166. The van der Waals surface area contributed by atoms with Crippen LogP contribution in [0.3, 0.4) is 0 Å². The molecule has 1 aromatic heterocycles. The minimum absolute atomic E-state index is 0.0808. The van der Waals surface area contributed by atoms with Gasteiger partial charge in [0, 0.05) is 13.1 Å². The number of nitrogens with one attached hydrogen (secondary N) is 2. The molecular weight excluding hydrogens is 409 g/mol. The Morgan fingerprint density at radius 1 is 1.34 bits per heavy atom. The fourth-order valence-corrected chi connectivity index (χ4v) is 3.91. The molecule has 1 saturated heterocycles. The summed E-state index contributed by atoms with van der Waals surface area (Å²) in [5.74, 6) is 2.90. The minimum Gasteiger partial charge on any atom is -0.494 e. The van der Waals surface area contributed by atoms with Gasteiger partial charge in [0.2, 0.25) is 5.89 Å². The highest BCUT2D eigenvalue weighted by atomic mass is 19.1. The number of nitrogens with zero attached hydrogens (tertiary/aromatic N) is 3. The van der Waals surface area contributed by atoms with Crippen LogP contribution in [-0.4, -0.2) is 49.1 Å². The standard InChI is InChI=1S/C24H36FN5O2/c1-6-26-24(29-17(3)20-7-8-22(31-5)21(25)13-20)27-14-19-9-11-30(12-10-19)15-23-28-16(2)18(4)32-23/h7-8,13,17,19H,6,9-12,14-15H2,1-5H3,(H2,26,27,29). The highest BCUT2D eigenvalue weighted by Crippen LogP contribution is 2.22. The Kier molecular flexibility index (Phi) is 8.50. The molecule has 0 spiro atoms. The molecule has 1 aliphatic rings. The van der Waals surface area contributed by atoms with Crippen LogP contribution in [0.5, 0.6) is 5.75 Å².